The van der Waals surface area contributed by atoms with Crippen LogP contribution in [0.25, 0.3) is 0 Å². The summed E-state index contributed by atoms with van der Waals surface area (Å²) in [4.78, 5) is 9.30. The van der Waals surface area contributed by atoms with E-state index in [1.807, 2.05) is 19.1 Å². The van der Waals surface area contributed by atoms with Crippen molar-refractivity contribution in [1.82, 2.24) is 15.5 Å². The van der Waals surface area contributed by atoms with Crippen LogP contribution in [0.2, 0.25) is 0 Å². The predicted octanol–water partition coefficient (Wildman–Crippen LogP) is 2.39. The Balaban J connectivity index is 1.53. The largest absolute Gasteiger partial charge is 0.433 e. The number of morpholine rings is 1. The Morgan fingerprint density at radius 3 is 2.77 bits per heavy atom. The van der Waals surface area contributed by atoms with Crippen molar-refractivity contribution in [2.45, 2.75) is 32.9 Å². The van der Waals surface area contributed by atoms with Crippen molar-refractivity contribution in [2.75, 3.05) is 63.9 Å². The lowest BCUT2D eigenvalue weighted by Gasteiger charge is -2.28. The van der Waals surface area contributed by atoms with Gasteiger partial charge in [-0.25, -0.2) is 0 Å². The molecule has 1 aromatic rings. The van der Waals surface area contributed by atoms with Gasteiger partial charge in [-0.05, 0) is 31.4 Å². The summed E-state index contributed by atoms with van der Waals surface area (Å²) in [5, 5.41) is 6.83. The minimum atomic E-state index is -2.83. The molecule has 0 bridgehead atoms. The lowest BCUT2D eigenvalue weighted by atomic mass is 10.1. The molecule has 2 unspecified atom stereocenters. The fraction of sp³-hybridized carbons (Fsp3) is 0.682. The van der Waals surface area contributed by atoms with Crippen molar-refractivity contribution < 1.29 is 18.3 Å². The highest BCUT2D eigenvalue weighted by atomic mass is 19.3. The van der Waals surface area contributed by atoms with Crippen molar-refractivity contribution >= 4 is 11.6 Å². The molecule has 2 atom stereocenters. The van der Waals surface area contributed by atoms with Crippen LogP contribution in [-0.2, 0) is 4.74 Å². The lowest BCUT2D eigenvalue weighted by molar-refractivity contribution is -0.0495. The molecule has 3 rings (SSSR count). The highest BCUT2D eigenvalue weighted by molar-refractivity contribution is 5.80. The first kappa shape index (κ1) is 23.5. The summed E-state index contributed by atoms with van der Waals surface area (Å²) in [6.45, 7) is 9.06. The number of hydrogen-bond acceptors (Lipinski definition) is 5. The van der Waals surface area contributed by atoms with E-state index in [2.05, 4.69) is 27.4 Å². The van der Waals surface area contributed by atoms with Crippen LogP contribution in [-0.4, -0.2) is 82.5 Å². The molecule has 2 aliphatic heterocycles. The molecule has 0 saturated carbocycles. The van der Waals surface area contributed by atoms with Crippen LogP contribution in [0.4, 0.5) is 14.5 Å². The van der Waals surface area contributed by atoms with E-state index >= 15 is 0 Å². The number of nitrogens with zero attached hydrogens (tertiary/aromatic N) is 3. The molecule has 31 heavy (non-hydrogen) atoms. The fourth-order valence-corrected chi connectivity index (χ4v) is 4.05. The number of guanidine groups is 1. The minimum absolute atomic E-state index is 0.187. The third-order valence-corrected chi connectivity index (χ3v) is 5.53. The number of nitrogens with one attached hydrogen (secondary N) is 2. The van der Waals surface area contributed by atoms with E-state index in [1.54, 1.807) is 12.1 Å². The number of rotatable bonds is 9. The standard InChI is InChI=1S/C22H35F2N5O2/c1-3-25-22(26-14-17(2)15-28-10-12-30-13-11-28)27-18-8-9-29(16-18)19-6-4-5-7-20(19)31-21(23)24/h4-7,17-18,21H,3,8-16H2,1-2H3,(H2,25,26,27). The predicted molar refractivity (Wildman–Crippen MR) is 119 cm³/mol. The van der Waals surface area contributed by atoms with Gasteiger partial charge in [0, 0.05) is 51.9 Å². The Kier molecular flexibility index (Phi) is 9.14. The molecule has 2 heterocycles. The van der Waals surface area contributed by atoms with Crippen molar-refractivity contribution in [2.24, 2.45) is 10.9 Å². The van der Waals surface area contributed by atoms with E-state index in [4.69, 9.17) is 14.5 Å². The maximum absolute atomic E-state index is 12.7. The zero-order valence-electron chi connectivity index (χ0n) is 18.5. The number of ether oxygens (including phenoxy) is 2. The Bertz CT molecular complexity index is 700. The Morgan fingerprint density at radius 2 is 2.03 bits per heavy atom. The first-order chi connectivity index (χ1) is 15.0. The molecule has 0 amide bonds. The average molecular weight is 440 g/mol. The van der Waals surface area contributed by atoms with Crippen molar-refractivity contribution in [3.05, 3.63) is 24.3 Å². The van der Waals surface area contributed by atoms with E-state index in [0.717, 1.165) is 64.9 Å². The van der Waals surface area contributed by atoms with E-state index in [9.17, 15) is 8.78 Å². The smallest absolute Gasteiger partial charge is 0.387 e. The molecule has 0 aromatic heterocycles. The van der Waals surface area contributed by atoms with Crippen molar-refractivity contribution in [1.29, 1.82) is 0 Å². The summed E-state index contributed by atoms with van der Waals surface area (Å²) in [6, 6.07) is 7.15. The third kappa shape index (κ3) is 7.50. The van der Waals surface area contributed by atoms with E-state index in [-0.39, 0.29) is 11.8 Å². The number of para-hydroxylation sites is 2. The first-order valence-corrected chi connectivity index (χ1v) is 11.2. The highest BCUT2D eigenvalue weighted by Crippen LogP contribution is 2.31. The summed E-state index contributed by atoms with van der Waals surface area (Å²) in [5.41, 5.74) is 0.702. The Hall–Kier alpha value is -2.13. The average Bonchev–Trinajstić information content (AvgIpc) is 3.21. The molecule has 174 valence electrons. The normalized spacial score (nSPS) is 21.4. The molecule has 9 heteroatoms. The fourth-order valence-electron chi connectivity index (χ4n) is 4.05. The van der Waals surface area contributed by atoms with Gasteiger partial charge >= 0.3 is 6.61 Å². The molecule has 2 saturated heterocycles. The molecule has 2 N–H and O–H groups in total. The first-order valence-electron chi connectivity index (χ1n) is 11.2. The molecule has 0 aliphatic carbocycles. The van der Waals surface area contributed by atoms with Gasteiger partial charge in [0.25, 0.3) is 0 Å². The van der Waals surface area contributed by atoms with Crippen molar-refractivity contribution in [3.63, 3.8) is 0 Å². The summed E-state index contributed by atoms with van der Waals surface area (Å²) in [7, 11) is 0. The van der Waals surface area contributed by atoms with Crippen molar-refractivity contribution in [3.8, 4) is 5.75 Å². The second-order valence-corrected chi connectivity index (χ2v) is 8.16. The topological polar surface area (TPSA) is 61.4 Å². The second kappa shape index (κ2) is 12.0. The van der Waals surface area contributed by atoms with Crippen LogP contribution < -0.4 is 20.3 Å². The molecule has 7 nitrogen and oxygen atoms in total. The van der Waals surface area contributed by atoms with Gasteiger partial charge in [0.15, 0.2) is 5.96 Å². The molecule has 0 radical (unpaired) electrons. The third-order valence-electron chi connectivity index (χ3n) is 5.53. The number of benzene rings is 1. The van der Waals surface area contributed by atoms with E-state index in [0.29, 0.717) is 18.2 Å². The van der Waals surface area contributed by atoms with Crippen LogP contribution in [0, 0.1) is 5.92 Å². The number of anilines is 1. The van der Waals surface area contributed by atoms with Gasteiger partial charge in [0.1, 0.15) is 5.75 Å². The monoisotopic (exact) mass is 439 g/mol. The van der Waals surface area contributed by atoms with Gasteiger partial charge in [0.2, 0.25) is 0 Å². The maximum atomic E-state index is 12.7. The Labute approximate surface area is 183 Å². The van der Waals surface area contributed by atoms with Gasteiger partial charge in [0.05, 0.1) is 18.9 Å². The maximum Gasteiger partial charge on any atom is 0.387 e. The number of aliphatic imine (C=N–C) groups is 1. The number of halogens is 2. The summed E-state index contributed by atoms with van der Waals surface area (Å²) in [6.07, 6.45) is 0.900. The zero-order valence-corrected chi connectivity index (χ0v) is 18.5. The number of alkyl halides is 2. The second-order valence-electron chi connectivity index (χ2n) is 8.16. The van der Waals surface area contributed by atoms with Crippen LogP contribution in [0.1, 0.15) is 20.3 Å². The van der Waals surface area contributed by atoms with E-state index in [1.165, 1.54) is 0 Å². The van der Waals surface area contributed by atoms with Gasteiger partial charge in [-0.3, -0.25) is 9.89 Å². The molecule has 0 spiro atoms. The highest BCUT2D eigenvalue weighted by Gasteiger charge is 2.26. The van der Waals surface area contributed by atoms with Gasteiger partial charge in [-0.2, -0.15) is 8.78 Å². The molecular weight excluding hydrogens is 404 g/mol. The Morgan fingerprint density at radius 1 is 1.26 bits per heavy atom. The summed E-state index contributed by atoms with van der Waals surface area (Å²) in [5.74, 6) is 1.47. The van der Waals surface area contributed by atoms with Crippen LogP contribution >= 0.6 is 0 Å². The summed E-state index contributed by atoms with van der Waals surface area (Å²) < 4.78 is 35.6. The quantitative estimate of drug-likeness (QED) is 0.455. The zero-order chi connectivity index (χ0) is 22.1. The van der Waals surface area contributed by atoms with Gasteiger partial charge in [-0.15, -0.1) is 0 Å². The van der Waals surface area contributed by atoms with E-state index < -0.39 is 6.61 Å². The minimum Gasteiger partial charge on any atom is -0.433 e. The van der Waals surface area contributed by atoms with Crippen LogP contribution in [0.5, 0.6) is 5.75 Å². The molecule has 2 aliphatic rings. The SMILES string of the molecule is CCNC(=NCC(C)CN1CCOCC1)NC1CCN(c2ccccc2OC(F)F)C1. The molecule has 1 aromatic carbocycles. The van der Waals surface area contributed by atoms with Crippen LogP contribution in [0.15, 0.2) is 29.3 Å². The molecule has 2 fully saturated rings. The summed E-state index contributed by atoms with van der Waals surface area (Å²) >= 11 is 0. The van der Waals surface area contributed by atoms with Gasteiger partial charge < -0.3 is 25.0 Å². The number of hydrogen-bond donors (Lipinski definition) is 2. The van der Waals surface area contributed by atoms with Crippen LogP contribution in [0.3, 0.4) is 0 Å². The molecular formula is C22H35F2N5O2. The lowest BCUT2D eigenvalue weighted by Crippen LogP contribution is -2.45. The van der Waals surface area contributed by atoms with Gasteiger partial charge in [-0.1, -0.05) is 19.1 Å².